The van der Waals surface area contributed by atoms with Gasteiger partial charge in [-0.2, -0.15) is 5.10 Å². The highest BCUT2D eigenvalue weighted by molar-refractivity contribution is 5.82. The van der Waals surface area contributed by atoms with E-state index in [1.165, 1.54) is 26.2 Å². The van der Waals surface area contributed by atoms with Crippen LogP contribution in [0.15, 0.2) is 30.6 Å². The number of alkyl halides is 1. The molecule has 1 saturated carbocycles. The summed E-state index contributed by atoms with van der Waals surface area (Å²) in [5.41, 5.74) is 5.03. The second-order valence-corrected chi connectivity index (χ2v) is 7.26. The maximum absolute atomic E-state index is 13.8. The van der Waals surface area contributed by atoms with Crippen molar-refractivity contribution in [2.45, 2.75) is 45.2 Å². The Labute approximate surface area is 152 Å². The lowest BCUT2D eigenvalue weighted by Crippen LogP contribution is -2.16. The number of imidazole rings is 1. The average molecular weight is 351 g/mol. The number of hydrogen-bond donors (Lipinski definition) is 0. The number of allylic oxidation sites excluding steroid dienone is 1. The fourth-order valence-corrected chi connectivity index (χ4v) is 3.75. The molecule has 0 aromatic carbocycles. The van der Waals surface area contributed by atoms with Gasteiger partial charge in [0.1, 0.15) is 12.0 Å². The van der Waals surface area contributed by atoms with Crippen LogP contribution in [0.3, 0.4) is 0 Å². The van der Waals surface area contributed by atoms with Crippen molar-refractivity contribution in [1.29, 1.82) is 0 Å². The minimum absolute atomic E-state index is 0. The van der Waals surface area contributed by atoms with Crippen LogP contribution in [0.25, 0.3) is 11.2 Å². The molecule has 1 atom stereocenters. The van der Waals surface area contributed by atoms with E-state index in [9.17, 15) is 4.39 Å². The lowest BCUT2D eigenvalue weighted by atomic mass is 9.83. The lowest BCUT2D eigenvalue weighted by molar-refractivity contribution is 0.309. The quantitative estimate of drug-likeness (QED) is 0.709. The molecule has 5 rings (SSSR count). The molecule has 0 N–H and O–H groups in total. The first-order valence-electron chi connectivity index (χ1n) is 9.23. The van der Waals surface area contributed by atoms with Crippen molar-refractivity contribution in [3.8, 4) is 0 Å². The van der Waals surface area contributed by atoms with Crippen LogP contribution in [-0.2, 0) is 12.8 Å². The summed E-state index contributed by atoms with van der Waals surface area (Å²) in [5.74, 6) is 1.71. The van der Waals surface area contributed by atoms with Gasteiger partial charge < -0.3 is 0 Å². The topological polar surface area (TPSA) is 56.0 Å². The number of hydrogen-bond acceptors (Lipinski definition) is 4. The normalized spacial score (nSPS) is 17.8. The molecule has 0 aliphatic heterocycles. The van der Waals surface area contributed by atoms with Crippen molar-refractivity contribution in [2.75, 3.05) is 0 Å². The molecular formula is C20H22FN5. The number of nitrogens with zero attached hydrogens (tertiary/aromatic N) is 5. The van der Waals surface area contributed by atoms with E-state index in [0.717, 1.165) is 47.1 Å². The van der Waals surface area contributed by atoms with Gasteiger partial charge in [-0.05, 0) is 25.0 Å². The highest BCUT2D eigenvalue weighted by Gasteiger charge is 2.23. The third kappa shape index (κ3) is 2.52. The van der Waals surface area contributed by atoms with Gasteiger partial charge in [0, 0.05) is 31.6 Å². The van der Waals surface area contributed by atoms with E-state index < -0.39 is 6.17 Å². The molecule has 3 aromatic rings. The SMILES string of the molecule is CC(F)c1cnc2ccc(C3=CCc4nc(CC5CCC5)ncc43)nn12.[HH]. The fraction of sp³-hybridized carbons (Fsp3) is 0.400. The Morgan fingerprint density at radius 1 is 1.27 bits per heavy atom. The maximum Gasteiger partial charge on any atom is 0.153 e. The molecular weight excluding hydrogens is 329 g/mol. The Morgan fingerprint density at radius 2 is 2.15 bits per heavy atom. The van der Waals surface area contributed by atoms with Crippen LogP contribution in [-0.4, -0.2) is 24.6 Å². The smallest absolute Gasteiger partial charge is 0.153 e. The number of aromatic nitrogens is 5. The van der Waals surface area contributed by atoms with Gasteiger partial charge in [0.05, 0.1) is 23.3 Å². The predicted octanol–water partition coefficient (Wildman–Crippen LogP) is 4.13. The van der Waals surface area contributed by atoms with Crippen molar-refractivity contribution in [2.24, 2.45) is 5.92 Å². The Bertz CT molecular complexity index is 1020. The monoisotopic (exact) mass is 351 g/mol. The molecule has 0 saturated heterocycles. The molecule has 0 spiro atoms. The molecule has 3 heterocycles. The van der Waals surface area contributed by atoms with Gasteiger partial charge in [-0.25, -0.2) is 23.9 Å². The minimum Gasteiger partial charge on any atom is -0.241 e. The highest BCUT2D eigenvalue weighted by Crippen LogP contribution is 2.32. The Morgan fingerprint density at radius 3 is 2.92 bits per heavy atom. The van der Waals surface area contributed by atoms with Crippen LogP contribution >= 0.6 is 0 Å². The first-order valence-corrected chi connectivity index (χ1v) is 9.23. The summed E-state index contributed by atoms with van der Waals surface area (Å²) in [5, 5.41) is 4.62. The second-order valence-electron chi connectivity index (χ2n) is 7.26. The summed E-state index contributed by atoms with van der Waals surface area (Å²) in [6.45, 7) is 1.50. The van der Waals surface area contributed by atoms with E-state index in [2.05, 4.69) is 21.1 Å². The summed E-state index contributed by atoms with van der Waals surface area (Å²) in [7, 11) is 0. The fourth-order valence-electron chi connectivity index (χ4n) is 3.75. The van der Waals surface area contributed by atoms with E-state index in [-0.39, 0.29) is 1.43 Å². The molecule has 0 amide bonds. The average Bonchev–Trinajstić information content (AvgIpc) is 3.21. The molecule has 1 fully saturated rings. The first kappa shape index (κ1) is 15.6. The van der Waals surface area contributed by atoms with E-state index in [1.54, 1.807) is 10.7 Å². The lowest BCUT2D eigenvalue weighted by Gasteiger charge is -2.24. The second kappa shape index (κ2) is 5.97. The van der Waals surface area contributed by atoms with Crippen LogP contribution in [0.2, 0.25) is 0 Å². The molecule has 26 heavy (non-hydrogen) atoms. The standard InChI is InChI=1S/C20H20FN5.H2/c1-12(21)18-11-23-20-8-7-17(25-26(18)20)14-5-6-16-15(14)10-22-19(24-16)9-13-3-2-4-13;/h5,7-8,10-13H,2-4,6,9H2,1H3;1H. The number of rotatable bonds is 4. The Balaban J connectivity index is 0.00000180. The van der Waals surface area contributed by atoms with Crippen molar-refractivity contribution in [1.82, 2.24) is 24.6 Å². The summed E-state index contributed by atoms with van der Waals surface area (Å²) < 4.78 is 15.4. The van der Waals surface area contributed by atoms with Gasteiger partial charge in [0.25, 0.3) is 0 Å². The van der Waals surface area contributed by atoms with E-state index in [1.807, 2.05) is 18.3 Å². The van der Waals surface area contributed by atoms with Crippen LogP contribution in [0.5, 0.6) is 0 Å². The minimum atomic E-state index is -1.12. The van der Waals surface area contributed by atoms with Crippen molar-refractivity contribution >= 4 is 11.2 Å². The molecule has 0 bridgehead atoms. The molecule has 134 valence electrons. The summed E-state index contributed by atoms with van der Waals surface area (Å²) in [6.07, 6.45) is 10.2. The van der Waals surface area contributed by atoms with Gasteiger partial charge in [-0.3, -0.25) is 0 Å². The summed E-state index contributed by atoms with van der Waals surface area (Å²) >= 11 is 0. The van der Waals surface area contributed by atoms with E-state index >= 15 is 0 Å². The molecule has 1 unspecified atom stereocenters. The van der Waals surface area contributed by atoms with Crippen molar-refractivity contribution in [3.05, 3.63) is 59.1 Å². The third-order valence-electron chi connectivity index (χ3n) is 5.48. The third-order valence-corrected chi connectivity index (χ3v) is 5.48. The van der Waals surface area contributed by atoms with Gasteiger partial charge in [0.2, 0.25) is 0 Å². The summed E-state index contributed by atoms with van der Waals surface area (Å²) in [6, 6.07) is 3.80. The molecule has 6 heteroatoms. The molecule has 2 aliphatic carbocycles. The predicted molar refractivity (Wildman–Crippen MR) is 98.5 cm³/mol. The van der Waals surface area contributed by atoms with Gasteiger partial charge in [-0.1, -0.05) is 25.3 Å². The zero-order chi connectivity index (χ0) is 17.7. The van der Waals surface area contributed by atoms with Crippen LogP contribution in [0, 0.1) is 5.92 Å². The molecule has 2 aliphatic rings. The zero-order valence-corrected chi connectivity index (χ0v) is 14.7. The highest BCUT2D eigenvalue weighted by atomic mass is 19.1. The maximum atomic E-state index is 13.8. The molecule has 5 nitrogen and oxygen atoms in total. The van der Waals surface area contributed by atoms with Crippen LogP contribution in [0.4, 0.5) is 4.39 Å². The largest absolute Gasteiger partial charge is 0.241 e. The number of fused-ring (bicyclic) bond motifs is 2. The van der Waals surface area contributed by atoms with Crippen molar-refractivity contribution in [3.63, 3.8) is 0 Å². The van der Waals surface area contributed by atoms with E-state index in [0.29, 0.717) is 11.3 Å². The number of halogens is 1. The van der Waals surface area contributed by atoms with E-state index in [4.69, 9.17) is 4.98 Å². The first-order chi connectivity index (χ1) is 12.7. The Kier molecular flexibility index (Phi) is 3.58. The summed E-state index contributed by atoms with van der Waals surface area (Å²) in [4.78, 5) is 13.6. The van der Waals surface area contributed by atoms with Gasteiger partial charge in [-0.15, -0.1) is 0 Å². The van der Waals surface area contributed by atoms with Crippen LogP contribution < -0.4 is 0 Å². The van der Waals surface area contributed by atoms with Gasteiger partial charge in [0.15, 0.2) is 5.65 Å². The van der Waals surface area contributed by atoms with Crippen molar-refractivity contribution < 1.29 is 5.82 Å². The molecule has 3 aromatic heterocycles. The zero-order valence-electron chi connectivity index (χ0n) is 14.7. The van der Waals surface area contributed by atoms with Crippen LogP contribution in [0.1, 0.15) is 62.3 Å². The van der Waals surface area contributed by atoms with Gasteiger partial charge >= 0.3 is 0 Å². The Hall–Kier alpha value is -2.63. The molecule has 0 radical (unpaired) electrons.